The minimum atomic E-state index is -1.02. The number of halogens is 3. The largest absolute Gasteiger partial charge is 0.298 e. The molecule has 4 rings (SSSR count). The fourth-order valence-corrected chi connectivity index (χ4v) is 3.83. The molecule has 0 radical (unpaired) electrons. The predicted octanol–water partition coefficient (Wildman–Crippen LogP) is 5.37. The fourth-order valence-electron chi connectivity index (χ4n) is 3.54. The highest BCUT2D eigenvalue weighted by atomic mass is 35.5. The molecule has 5 nitrogen and oxygen atoms in total. The van der Waals surface area contributed by atoms with Crippen LogP contribution in [0.25, 0.3) is 22.4 Å². The van der Waals surface area contributed by atoms with Crippen LogP contribution >= 0.6 is 11.6 Å². The average Bonchev–Trinajstić information content (AvgIpc) is 3.16. The minimum absolute atomic E-state index is 0.355. The van der Waals surface area contributed by atoms with Crippen molar-refractivity contribution in [2.75, 3.05) is 11.9 Å². The van der Waals surface area contributed by atoms with Crippen molar-refractivity contribution < 1.29 is 13.6 Å². The van der Waals surface area contributed by atoms with E-state index in [0.717, 1.165) is 5.56 Å². The first-order valence-corrected chi connectivity index (χ1v) is 10.2. The molecule has 0 aliphatic carbocycles. The van der Waals surface area contributed by atoms with E-state index in [2.05, 4.69) is 10.1 Å². The summed E-state index contributed by atoms with van der Waals surface area (Å²) in [5, 5.41) is 3.60. The molecule has 162 valence electrons. The van der Waals surface area contributed by atoms with Gasteiger partial charge in [-0.25, -0.2) is 8.78 Å². The van der Waals surface area contributed by atoms with Gasteiger partial charge in [-0.15, -0.1) is 11.6 Å². The Morgan fingerprint density at radius 2 is 1.50 bits per heavy atom. The van der Waals surface area contributed by atoms with Gasteiger partial charge in [0.05, 0.1) is 5.56 Å². The maximum Gasteiger partial charge on any atom is 0.250 e. The molecular weight excluding hydrogens is 434 g/mol. The summed E-state index contributed by atoms with van der Waals surface area (Å²) >= 11 is 6.45. The van der Waals surface area contributed by atoms with Crippen LogP contribution in [-0.4, -0.2) is 27.7 Å². The van der Waals surface area contributed by atoms with Crippen molar-refractivity contribution in [2.24, 2.45) is 7.05 Å². The number of anilines is 1. The van der Waals surface area contributed by atoms with Crippen LogP contribution in [-0.2, 0) is 11.8 Å². The maximum atomic E-state index is 13.5. The van der Waals surface area contributed by atoms with Crippen molar-refractivity contribution in [2.45, 2.75) is 5.38 Å². The number of benzene rings is 2. The molecule has 0 saturated carbocycles. The average molecular weight is 453 g/mol. The molecule has 0 bridgehead atoms. The Balaban J connectivity index is 1.81. The third kappa shape index (κ3) is 4.11. The van der Waals surface area contributed by atoms with Gasteiger partial charge in [-0.2, -0.15) is 5.10 Å². The Kier molecular flexibility index (Phi) is 6.01. The van der Waals surface area contributed by atoms with Gasteiger partial charge < -0.3 is 0 Å². The molecule has 4 aromatic rings. The van der Waals surface area contributed by atoms with E-state index >= 15 is 0 Å². The van der Waals surface area contributed by atoms with Gasteiger partial charge in [0, 0.05) is 32.1 Å². The number of likely N-dealkylation sites (N-methyl/N-ethyl adjacent to an activating group) is 1. The number of aromatic nitrogens is 3. The van der Waals surface area contributed by atoms with Gasteiger partial charge in [0.25, 0.3) is 0 Å². The number of hydrogen-bond donors (Lipinski definition) is 0. The highest BCUT2D eigenvalue weighted by Gasteiger charge is 2.29. The lowest BCUT2D eigenvalue weighted by Crippen LogP contribution is -2.31. The quantitative estimate of drug-likeness (QED) is 0.382. The number of hydrogen-bond acceptors (Lipinski definition) is 3. The molecule has 1 unspecified atom stereocenters. The molecule has 2 aromatic heterocycles. The van der Waals surface area contributed by atoms with Gasteiger partial charge >= 0.3 is 0 Å². The molecule has 2 heterocycles. The molecule has 0 spiro atoms. The van der Waals surface area contributed by atoms with Crippen LogP contribution in [0.15, 0.2) is 73.1 Å². The van der Waals surface area contributed by atoms with Crippen LogP contribution in [0.3, 0.4) is 0 Å². The van der Waals surface area contributed by atoms with E-state index in [1.165, 1.54) is 41.3 Å². The fraction of sp³-hybridized carbons (Fsp3) is 0.125. The molecule has 0 aliphatic heterocycles. The molecule has 0 aliphatic rings. The number of nitrogens with zero attached hydrogens (tertiary/aromatic N) is 4. The number of pyridine rings is 1. The van der Waals surface area contributed by atoms with Crippen LogP contribution in [0, 0.1) is 11.6 Å². The molecule has 0 fully saturated rings. The van der Waals surface area contributed by atoms with Gasteiger partial charge in [-0.1, -0.05) is 12.1 Å². The maximum absolute atomic E-state index is 13.5. The summed E-state index contributed by atoms with van der Waals surface area (Å²) in [6.45, 7) is 0. The number of aryl methyl sites for hydroxylation is 1. The first-order valence-electron chi connectivity index (χ1n) is 9.77. The van der Waals surface area contributed by atoms with Crippen molar-refractivity contribution in [3.8, 4) is 22.4 Å². The highest BCUT2D eigenvalue weighted by molar-refractivity contribution is 6.33. The number of carbonyl (C=O) groups excluding carboxylic acids is 1. The second-order valence-electron chi connectivity index (χ2n) is 7.22. The Bertz CT molecular complexity index is 1240. The van der Waals surface area contributed by atoms with Gasteiger partial charge in [0.1, 0.15) is 28.5 Å². The molecule has 1 atom stereocenters. The normalized spacial score (nSPS) is 11.9. The Morgan fingerprint density at radius 3 is 2.09 bits per heavy atom. The SMILES string of the molecule is CN(C(=O)C(Cl)c1ccc(F)cc1)c1c(-c2ccncc2)c(-c2ccc(F)cc2)nn1C. The number of carbonyl (C=O) groups is 1. The summed E-state index contributed by atoms with van der Waals surface area (Å²) in [6.07, 6.45) is 3.29. The lowest BCUT2D eigenvalue weighted by molar-refractivity contribution is -0.118. The van der Waals surface area contributed by atoms with E-state index in [4.69, 9.17) is 11.6 Å². The molecule has 2 aromatic carbocycles. The molecule has 8 heteroatoms. The van der Waals surface area contributed by atoms with Gasteiger partial charge in [-0.3, -0.25) is 19.4 Å². The summed E-state index contributed by atoms with van der Waals surface area (Å²) in [7, 11) is 3.33. The minimum Gasteiger partial charge on any atom is -0.298 e. The lowest BCUT2D eigenvalue weighted by atomic mass is 10.0. The first-order chi connectivity index (χ1) is 15.4. The van der Waals surface area contributed by atoms with Crippen molar-refractivity contribution in [1.29, 1.82) is 0 Å². The molecule has 32 heavy (non-hydrogen) atoms. The van der Waals surface area contributed by atoms with Crippen molar-refractivity contribution in [3.05, 3.63) is 90.3 Å². The predicted molar refractivity (Wildman–Crippen MR) is 120 cm³/mol. The zero-order valence-electron chi connectivity index (χ0n) is 17.3. The van der Waals surface area contributed by atoms with Crippen molar-refractivity contribution in [1.82, 2.24) is 14.8 Å². The molecule has 1 amide bonds. The van der Waals surface area contributed by atoms with Crippen molar-refractivity contribution in [3.63, 3.8) is 0 Å². The van der Waals surface area contributed by atoms with E-state index in [-0.39, 0.29) is 5.82 Å². The first kappa shape index (κ1) is 21.6. The number of alkyl halides is 1. The van der Waals surface area contributed by atoms with Gasteiger partial charge in [0.2, 0.25) is 5.91 Å². The summed E-state index contributed by atoms with van der Waals surface area (Å²) < 4.78 is 28.4. The summed E-state index contributed by atoms with van der Waals surface area (Å²) in [4.78, 5) is 18.7. The van der Waals surface area contributed by atoms with E-state index in [9.17, 15) is 13.6 Å². The zero-order valence-corrected chi connectivity index (χ0v) is 18.1. The third-order valence-electron chi connectivity index (χ3n) is 5.13. The number of rotatable bonds is 5. The molecular formula is C24H19ClF2N4O. The lowest BCUT2D eigenvalue weighted by Gasteiger charge is -2.22. The standard InChI is InChI=1S/C24H19ClF2N4O/c1-30(24(32)21(25)16-3-7-18(26)8-4-16)23-20(15-11-13-28-14-12-15)22(29-31(23)2)17-5-9-19(27)10-6-17/h3-14,21H,1-2H3. The van der Waals surface area contributed by atoms with E-state index in [1.807, 2.05) is 12.1 Å². The Labute approximate surface area is 188 Å². The second-order valence-corrected chi connectivity index (χ2v) is 7.66. The highest BCUT2D eigenvalue weighted by Crippen LogP contribution is 2.40. The van der Waals surface area contributed by atoms with Crippen LogP contribution in [0.5, 0.6) is 0 Å². The molecule has 0 saturated heterocycles. The Morgan fingerprint density at radius 1 is 0.938 bits per heavy atom. The Hall–Kier alpha value is -3.58. The monoisotopic (exact) mass is 452 g/mol. The zero-order chi connectivity index (χ0) is 22.8. The second kappa shape index (κ2) is 8.88. The van der Waals surface area contributed by atoms with Crippen LogP contribution in [0.1, 0.15) is 10.9 Å². The van der Waals surface area contributed by atoms with Crippen LogP contribution in [0.2, 0.25) is 0 Å². The van der Waals surface area contributed by atoms with Crippen LogP contribution < -0.4 is 4.90 Å². The van der Waals surface area contributed by atoms with Gasteiger partial charge in [-0.05, 0) is 59.7 Å². The summed E-state index contributed by atoms with van der Waals surface area (Å²) in [5.74, 6) is -0.656. The molecule has 0 N–H and O–H groups in total. The van der Waals surface area contributed by atoms with Crippen molar-refractivity contribution >= 4 is 23.3 Å². The van der Waals surface area contributed by atoms with Crippen LogP contribution in [0.4, 0.5) is 14.6 Å². The third-order valence-corrected chi connectivity index (χ3v) is 5.57. The summed E-state index contributed by atoms with van der Waals surface area (Å²) in [5.41, 5.74) is 3.23. The van der Waals surface area contributed by atoms with E-state index in [1.54, 1.807) is 43.3 Å². The number of amides is 1. The topological polar surface area (TPSA) is 51.0 Å². The van der Waals surface area contributed by atoms with Gasteiger partial charge in [0.15, 0.2) is 0 Å². The summed E-state index contributed by atoms with van der Waals surface area (Å²) in [6, 6.07) is 15.1. The van der Waals surface area contributed by atoms with E-state index in [0.29, 0.717) is 28.2 Å². The van der Waals surface area contributed by atoms with E-state index < -0.39 is 17.1 Å². The smallest absolute Gasteiger partial charge is 0.250 e.